The Morgan fingerprint density at radius 2 is 1.95 bits per heavy atom. The van der Waals surface area contributed by atoms with Crippen LogP contribution in [0, 0.1) is 6.92 Å². The Kier molecular flexibility index (Phi) is 4.42. The number of rotatable bonds is 3. The van der Waals surface area contributed by atoms with E-state index in [2.05, 4.69) is 0 Å². The van der Waals surface area contributed by atoms with Gasteiger partial charge in [-0.25, -0.2) is 0 Å². The molecule has 1 aromatic rings. The second-order valence-electron chi connectivity index (χ2n) is 5.60. The predicted molar refractivity (Wildman–Crippen MR) is 82.7 cm³/mol. The Balaban J connectivity index is 1.86. The number of hydrogen-bond acceptors (Lipinski definition) is 6. The molecule has 1 aromatic carbocycles. The van der Waals surface area contributed by atoms with Gasteiger partial charge in [0.15, 0.2) is 0 Å². The number of ether oxygens (including phenoxy) is 1. The molecule has 2 fully saturated rings. The summed E-state index contributed by atoms with van der Waals surface area (Å²) in [6.45, 7) is 1.60. The van der Waals surface area contributed by atoms with E-state index in [9.17, 15) is 20.1 Å². The number of hydrogen-bond donors (Lipinski definition) is 3. The van der Waals surface area contributed by atoms with E-state index in [1.54, 1.807) is 4.90 Å². The van der Waals surface area contributed by atoms with E-state index in [1.165, 1.54) is 11.8 Å². The molecule has 0 unspecified atom stereocenters. The fraction of sp³-hybridized carbons (Fsp3) is 0.533. The highest BCUT2D eigenvalue weighted by Gasteiger charge is 2.50. The molecule has 0 aromatic heterocycles. The minimum atomic E-state index is -1.15. The summed E-state index contributed by atoms with van der Waals surface area (Å²) in [6.07, 6.45) is -3.83. The molecule has 0 saturated carbocycles. The van der Waals surface area contributed by atoms with Crippen LogP contribution in [0.5, 0.6) is 0 Å². The largest absolute Gasteiger partial charge is 0.394 e. The molecule has 7 heteroatoms. The van der Waals surface area contributed by atoms with E-state index in [1.807, 2.05) is 31.2 Å². The summed E-state index contributed by atoms with van der Waals surface area (Å²) >= 11 is 1.37. The quantitative estimate of drug-likeness (QED) is 0.718. The van der Waals surface area contributed by atoms with Gasteiger partial charge in [-0.05, 0) is 19.1 Å². The third kappa shape index (κ3) is 2.63. The molecule has 2 aliphatic heterocycles. The van der Waals surface area contributed by atoms with Crippen LogP contribution >= 0.6 is 11.8 Å². The third-order valence-corrected chi connectivity index (χ3v) is 5.31. The van der Waals surface area contributed by atoms with Crippen molar-refractivity contribution in [3.63, 3.8) is 0 Å². The Bertz CT molecular complexity index is 551. The van der Waals surface area contributed by atoms with Gasteiger partial charge in [-0.15, -0.1) is 11.8 Å². The molecule has 0 bridgehead atoms. The average molecular weight is 325 g/mol. The molecule has 2 heterocycles. The molecule has 3 N–H and O–H groups in total. The van der Waals surface area contributed by atoms with Crippen molar-refractivity contribution in [2.45, 2.75) is 36.7 Å². The van der Waals surface area contributed by atoms with E-state index in [0.717, 1.165) is 11.3 Å². The Morgan fingerprint density at radius 1 is 1.27 bits per heavy atom. The molecule has 22 heavy (non-hydrogen) atoms. The van der Waals surface area contributed by atoms with Gasteiger partial charge in [-0.2, -0.15) is 0 Å². The fourth-order valence-electron chi connectivity index (χ4n) is 2.84. The number of carbonyl (C=O) groups excluding carboxylic acids is 1. The highest BCUT2D eigenvalue weighted by Crippen LogP contribution is 2.38. The van der Waals surface area contributed by atoms with Crippen LogP contribution in [0.4, 0.5) is 5.69 Å². The highest BCUT2D eigenvalue weighted by molar-refractivity contribution is 8.01. The Morgan fingerprint density at radius 3 is 2.55 bits per heavy atom. The third-order valence-electron chi connectivity index (χ3n) is 4.07. The number of carbonyl (C=O) groups is 1. The van der Waals surface area contributed by atoms with Gasteiger partial charge in [0.1, 0.15) is 29.8 Å². The molecule has 120 valence electrons. The van der Waals surface area contributed by atoms with E-state index >= 15 is 0 Å². The lowest BCUT2D eigenvalue weighted by Gasteiger charge is -2.30. The van der Waals surface area contributed by atoms with Gasteiger partial charge < -0.3 is 20.1 Å². The molecule has 2 saturated heterocycles. The summed E-state index contributed by atoms with van der Waals surface area (Å²) < 4.78 is 5.58. The number of benzene rings is 1. The average Bonchev–Trinajstić information content (AvgIpc) is 3.02. The second-order valence-corrected chi connectivity index (χ2v) is 6.71. The van der Waals surface area contributed by atoms with Crippen molar-refractivity contribution in [3.05, 3.63) is 29.8 Å². The number of thioether (sulfide) groups is 1. The molecule has 6 nitrogen and oxygen atoms in total. The Hall–Kier alpha value is -1.12. The van der Waals surface area contributed by atoms with E-state index < -0.39 is 29.8 Å². The summed E-state index contributed by atoms with van der Waals surface area (Å²) in [5.41, 5.74) is 1.83. The van der Waals surface area contributed by atoms with E-state index in [0.29, 0.717) is 5.75 Å². The van der Waals surface area contributed by atoms with Crippen molar-refractivity contribution in [1.82, 2.24) is 0 Å². The second kappa shape index (κ2) is 6.17. The first-order valence-corrected chi connectivity index (χ1v) is 8.20. The number of amides is 1. The van der Waals surface area contributed by atoms with Gasteiger partial charge in [0, 0.05) is 5.69 Å². The molecule has 0 spiro atoms. The van der Waals surface area contributed by atoms with Crippen LogP contribution in [0.3, 0.4) is 0 Å². The maximum atomic E-state index is 12.2. The van der Waals surface area contributed by atoms with Gasteiger partial charge in [-0.3, -0.25) is 9.69 Å². The standard InChI is InChI=1S/C15H19NO5S/c1-8-2-4-9(5-3-8)16-11(18)7-22-15(16)14-13(20)12(19)10(6-17)21-14/h2-5,10,12-15,17,19-20H,6-7H2,1H3/t10-,12-,13+,14+,15-/m1/s1. The molecular formula is C15H19NO5S. The maximum Gasteiger partial charge on any atom is 0.238 e. The topological polar surface area (TPSA) is 90.2 Å². The summed E-state index contributed by atoms with van der Waals surface area (Å²) in [7, 11) is 0. The number of aliphatic hydroxyl groups excluding tert-OH is 3. The first-order valence-electron chi connectivity index (χ1n) is 7.15. The van der Waals surface area contributed by atoms with Crippen molar-refractivity contribution in [2.75, 3.05) is 17.3 Å². The zero-order chi connectivity index (χ0) is 15.9. The van der Waals surface area contributed by atoms with Gasteiger partial charge in [-0.1, -0.05) is 17.7 Å². The highest BCUT2D eigenvalue weighted by atomic mass is 32.2. The van der Waals surface area contributed by atoms with Crippen LogP contribution in [0.1, 0.15) is 5.56 Å². The summed E-state index contributed by atoms with van der Waals surface area (Å²) in [5, 5.41) is 28.9. The maximum absolute atomic E-state index is 12.2. The van der Waals surface area contributed by atoms with Gasteiger partial charge in [0.2, 0.25) is 5.91 Å². The van der Waals surface area contributed by atoms with Crippen LogP contribution in [0.25, 0.3) is 0 Å². The van der Waals surface area contributed by atoms with Crippen molar-refractivity contribution in [1.29, 1.82) is 0 Å². The molecule has 0 aliphatic carbocycles. The first-order chi connectivity index (χ1) is 10.5. The van der Waals surface area contributed by atoms with Crippen LogP contribution in [-0.2, 0) is 9.53 Å². The first kappa shape index (κ1) is 15.8. The minimum absolute atomic E-state index is 0.0587. The molecule has 3 rings (SSSR count). The predicted octanol–water partition coefficient (Wildman–Crippen LogP) is -0.118. The van der Waals surface area contributed by atoms with Gasteiger partial charge >= 0.3 is 0 Å². The van der Waals surface area contributed by atoms with Crippen LogP contribution in [0.2, 0.25) is 0 Å². The van der Waals surface area contributed by atoms with E-state index in [-0.39, 0.29) is 12.5 Å². The lowest BCUT2D eigenvalue weighted by molar-refractivity contribution is -0.116. The van der Waals surface area contributed by atoms with Crippen molar-refractivity contribution >= 4 is 23.4 Å². The van der Waals surface area contributed by atoms with Gasteiger partial charge in [0.25, 0.3) is 0 Å². The molecular weight excluding hydrogens is 306 g/mol. The van der Waals surface area contributed by atoms with Crippen LogP contribution in [0.15, 0.2) is 24.3 Å². The summed E-state index contributed by atoms with van der Waals surface area (Å²) in [6, 6.07) is 7.54. The monoisotopic (exact) mass is 325 g/mol. The number of aliphatic hydroxyl groups is 3. The Labute approximate surface area is 132 Å². The molecule has 5 atom stereocenters. The number of aryl methyl sites for hydroxylation is 1. The van der Waals surface area contributed by atoms with E-state index in [4.69, 9.17) is 4.74 Å². The molecule has 0 radical (unpaired) electrons. The molecule has 2 aliphatic rings. The molecule has 1 amide bonds. The normalized spacial score (nSPS) is 35.4. The summed E-state index contributed by atoms with van der Waals surface area (Å²) in [4.78, 5) is 13.8. The number of nitrogens with zero attached hydrogens (tertiary/aromatic N) is 1. The minimum Gasteiger partial charge on any atom is -0.394 e. The zero-order valence-corrected chi connectivity index (χ0v) is 12.9. The summed E-state index contributed by atoms with van der Waals surface area (Å²) in [5.74, 6) is 0.238. The van der Waals surface area contributed by atoms with Crippen molar-refractivity contribution < 1.29 is 24.9 Å². The van der Waals surface area contributed by atoms with Gasteiger partial charge in [0.05, 0.1) is 12.4 Å². The lowest BCUT2D eigenvalue weighted by Crippen LogP contribution is -2.46. The number of anilines is 1. The van der Waals surface area contributed by atoms with Crippen LogP contribution < -0.4 is 4.90 Å². The SMILES string of the molecule is Cc1ccc(N2C(=O)CS[C@@H]2[C@H]2O[C@H](CO)[C@@H](O)[C@@H]2O)cc1. The van der Waals surface area contributed by atoms with Crippen LogP contribution in [-0.4, -0.2) is 63.4 Å². The van der Waals surface area contributed by atoms with Crippen molar-refractivity contribution in [2.24, 2.45) is 0 Å². The smallest absolute Gasteiger partial charge is 0.238 e. The van der Waals surface area contributed by atoms with Crippen molar-refractivity contribution in [3.8, 4) is 0 Å². The lowest BCUT2D eigenvalue weighted by atomic mass is 10.1. The zero-order valence-electron chi connectivity index (χ0n) is 12.1. The fourth-order valence-corrected chi connectivity index (χ4v) is 4.10.